The van der Waals surface area contributed by atoms with E-state index in [0.29, 0.717) is 29.5 Å². The monoisotopic (exact) mass is 345 g/mol. The van der Waals surface area contributed by atoms with E-state index in [1.807, 2.05) is 7.05 Å². The first-order valence-corrected chi connectivity index (χ1v) is 8.95. The van der Waals surface area contributed by atoms with E-state index < -0.39 is 0 Å². The highest BCUT2D eigenvalue weighted by atomic mass is 16.5. The summed E-state index contributed by atoms with van der Waals surface area (Å²) in [7, 11) is 5.52. The van der Waals surface area contributed by atoms with Crippen LogP contribution in [-0.2, 0) is 7.05 Å². The number of carbonyl (C=O) groups excluding carboxylic acids is 1. The van der Waals surface area contributed by atoms with Gasteiger partial charge in [-0.1, -0.05) is 19.3 Å². The van der Waals surface area contributed by atoms with E-state index in [-0.39, 0.29) is 5.91 Å². The molecule has 0 aromatic carbocycles. The van der Waals surface area contributed by atoms with Crippen LogP contribution in [0.4, 0.5) is 0 Å². The number of aromatic nitrogens is 3. The molecule has 0 spiro atoms. The number of hydrogen-bond donors (Lipinski definition) is 1. The number of likely N-dealkylation sites (N-methyl/N-ethyl adjacent to an activating group) is 1. The first-order chi connectivity index (χ1) is 12.1. The molecule has 2 aromatic heterocycles. The highest BCUT2D eigenvalue weighted by molar-refractivity contribution is 6.01. The average Bonchev–Trinajstić information content (AvgIpc) is 3.02. The number of fused-ring (bicyclic) bond motifs is 1. The molecule has 1 saturated carbocycles. The van der Waals surface area contributed by atoms with Crippen LogP contribution in [0.3, 0.4) is 0 Å². The van der Waals surface area contributed by atoms with Crippen LogP contribution in [0.5, 0.6) is 5.75 Å². The summed E-state index contributed by atoms with van der Waals surface area (Å²) in [5.74, 6) is 0.364. The third-order valence-electron chi connectivity index (χ3n) is 5.11. The molecule has 1 aliphatic rings. The van der Waals surface area contributed by atoms with E-state index in [1.54, 1.807) is 24.2 Å². The van der Waals surface area contributed by atoms with E-state index in [2.05, 4.69) is 27.3 Å². The van der Waals surface area contributed by atoms with Crippen molar-refractivity contribution in [2.75, 3.05) is 27.2 Å². The number of aryl methyl sites for hydroxylation is 1. The second kappa shape index (κ2) is 7.82. The van der Waals surface area contributed by atoms with E-state index >= 15 is 0 Å². The Balaban J connectivity index is 1.62. The fraction of sp³-hybridized carbons (Fsp3) is 0.611. The molecule has 0 radical (unpaired) electrons. The lowest BCUT2D eigenvalue weighted by Crippen LogP contribution is -2.39. The fourth-order valence-corrected chi connectivity index (χ4v) is 3.60. The summed E-state index contributed by atoms with van der Waals surface area (Å²) in [4.78, 5) is 19.3. The van der Waals surface area contributed by atoms with Crippen LogP contribution in [0, 0.1) is 0 Å². The molecule has 7 heteroatoms. The van der Waals surface area contributed by atoms with Crippen LogP contribution in [0.1, 0.15) is 42.5 Å². The van der Waals surface area contributed by atoms with Crippen molar-refractivity contribution >= 4 is 16.9 Å². The highest BCUT2D eigenvalue weighted by Crippen LogP contribution is 2.27. The molecule has 2 aromatic rings. The predicted molar refractivity (Wildman–Crippen MR) is 96.9 cm³/mol. The second-order valence-electron chi connectivity index (χ2n) is 6.74. The lowest BCUT2D eigenvalue weighted by atomic mass is 9.94. The molecule has 0 saturated heterocycles. The third kappa shape index (κ3) is 3.76. The van der Waals surface area contributed by atoms with Gasteiger partial charge in [0.05, 0.1) is 18.7 Å². The topological polar surface area (TPSA) is 72.3 Å². The number of carbonyl (C=O) groups is 1. The van der Waals surface area contributed by atoms with Crippen LogP contribution in [0.25, 0.3) is 11.0 Å². The van der Waals surface area contributed by atoms with Gasteiger partial charge < -0.3 is 15.0 Å². The molecular weight excluding hydrogens is 318 g/mol. The van der Waals surface area contributed by atoms with Gasteiger partial charge in [-0.05, 0) is 19.9 Å². The molecule has 7 nitrogen and oxygen atoms in total. The number of ether oxygens (including phenoxy) is 1. The highest BCUT2D eigenvalue weighted by Gasteiger charge is 2.20. The maximum absolute atomic E-state index is 12.6. The van der Waals surface area contributed by atoms with E-state index in [0.717, 1.165) is 11.9 Å². The van der Waals surface area contributed by atoms with Gasteiger partial charge in [0.15, 0.2) is 5.65 Å². The van der Waals surface area contributed by atoms with E-state index in [1.165, 1.54) is 32.1 Å². The minimum atomic E-state index is -0.160. The molecule has 1 N–H and O–H groups in total. The molecule has 1 amide bonds. The minimum Gasteiger partial charge on any atom is -0.495 e. The van der Waals surface area contributed by atoms with Crippen molar-refractivity contribution in [2.24, 2.45) is 7.05 Å². The zero-order chi connectivity index (χ0) is 17.8. The van der Waals surface area contributed by atoms with E-state index in [4.69, 9.17) is 4.74 Å². The first kappa shape index (κ1) is 17.7. The summed E-state index contributed by atoms with van der Waals surface area (Å²) in [5.41, 5.74) is 1.15. The second-order valence-corrected chi connectivity index (χ2v) is 6.74. The van der Waals surface area contributed by atoms with Gasteiger partial charge in [-0.25, -0.2) is 4.98 Å². The van der Waals surface area contributed by atoms with Gasteiger partial charge in [0.1, 0.15) is 11.3 Å². The molecule has 136 valence electrons. The molecule has 0 unspecified atom stereocenters. The Morgan fingerprint density at radius 3 is 2.84 bits per heavy atom. The summed E-state index contributed by atoms with van der Waals surface area (Å²) < 4.78 is 7.12. The van der Waals surface area contributed by atoms with Crippen molar-refractivity contribution in [3.8, 4) is 5.75 Å². The minimum absolute atomic E-state index is 0.160. The van der Waals surface area contributed by atoms with Crippen LogP contribution < -0.4 is 10.1 Å². The molecular formula is C18H27N5O2. The van der Waals surface area contributed by atoms with Gasteiger partial charge in [0, 0.05) is 32.4 Å². The Hall–Kier alpha value is -2.15. The number of nitrogens with zero attached hydrogens (tertiary/aromatic N) is 4. The number of pyridine rings is 1. The van der Waals surface area contributed by atoms with E-state index in [9.17, 15) is 4.79 Å². The smallest absolute Gasteiger partial charge is 0.256 e. The Bertz CT molecular complexity index is 736. The summed E-state index contributed by atoms with van der Waals surface area (Å²) in [5, 5.41) is 7.91. The number of amides is 1. The van der Waals surface area contributed by atoms with Crippen molar-refractivity contribution in [1.29, 1.82) is 0 Å². The quantitative estimate of drug-likeness (QED) is 0.867. The predicted octanol–water partition coefficient (Wildman–Crippen LogP) is 1.97. The van der Waals surface area contributed by atoms with Gasteiger partial charge in [0.25, 0.3) is 5.91 Å². The van der Waals surface area contributed by atoms with Crippen molar-refractivity contribution in [3.63, 3.8) is 0 Å². The number of methoxy groups -OCH3 is 1. The zero-order valence-electron chi connectivity index (χ0n) is 15.3. The molecule has 0 aliphatic heterocycles. The lowest BCUT2D eigenvalue weighted by Gasteiger charge is -2.31. The van der Waals surface area contributed by atoms with Crippen molar-refractivity contribution in [1.82, 2.24) is 25.0 Å². The zero-order valence-corrected chi connectivity index (χ0v) is 15.3. The van der Waals surface area contributed by atoms with Crippen LogP contribution in [-0.4, -0.2) is 58.9 Å². The third-order valence-corrected chi connectivity index (χ3v) is 5.11. The average molecular weight is 345 g/mol. The summed E-state index contributed by atoms with van der Waals surface area (Å²) in [6, 6.07) is 0.647. The van der Waals surface area contributed by atoms with Gasteiger partial charge >= 0.3 is 0 Å². The molecule has 3 rings (SSSR count). The molecule has 0 atom stereocenters. The van der Waals surface area contributed by atoms with Crippen molar-refractivity contribution in [2.45, 2.75) is 38.1 Å². The number of rotatable bonds is 6. The first-order valence-electron chi connectivity index (χ1n) is 8.95. The maximum atomic E-state index is 12.6. The largest absolute Gasteiger partial charge is 0.495 e. The summed E-state index contributed by atoms with van der Waals surface area (Å²) >= 11 is 0. The molecule has 25 heavy (non-hydrogen) atoms. The van der Waals surface area contributed by atoms with Crippen molar-refractivity contribution in [3.05, 3.63) is 18.0 Å². The summed E-state index contributed by atoms with van der Waals surface area (Å²) in [6.07, 6.45) is 9.74. The lowest BCUT2D eigenvalue weighted by molar-refractivity contribution is 0.0941. The van der Waals surface area contributed by atoms with Crippen molar-refractivity contribution < 1.29 is 9.53 Å². The SMILES string of the molecule is COc1c(C(=O)NCCN(C)C2CCCCC2)cnc2c1cnn2C. The van der Waals surface area contributed by atoms with Crippen LogP contribution in [0.2, 0.25) is 0 Å². The molecule has 2 heterocycles. The van der Waals surface area contributed by atoms with Gasteiger partial charge in [-0.15, -0.1) is 0 Å². The number of hydrogen-bond acceptors (Lipinski definition) is 5. The van der Waals surface area contributed by atoms with Gasteiger partial charge in [0.2, 0.25) is 0 Å². The van der Waals surface area contributed by atoms with Gasteiger partial charge in [-0.3, -0.25) is 9.48 Å². The fourth-order valence-electron chi connectivity index (χ4n) is 3.60. The Kier molecular flexibility index (Phi) is 5.53. The standard InChI is InChI=1S/C18H27N5O2/c1-22(13-7-5-4-6-8-13)10-9-19-18(24)15-11-20-17-14(16(15)25-3)12-21-23(17)2/h11-13H,4-10H2,1-3H3,(H,19,24). The van der Waals surface area contributed by atoms with Gasteiger partial charge in [-0.2, -0.15) is 5.10 Å². The maximum Gasteiger partial charge on any atom is 0.256 e. The Morgan fingerprint density at radius 2 is 2.12 bits per heavy atom. The molecule has 1 fully saturated rings. The van der Waals surface area contributed by atoms with Crippen LogP contribution in [0.15, 0.2) is 12.4 Å². The molecule has 0 bridgehead atoms. The Labute approximate surface area is 148 Å². The molecule has 1 aliphatic carbocycles. The summed E-state index contributed by atoms with van der Waals surface area (Å²) in [6.45, 7) is 1.46. The Morgan fingerprint density at radius 1 is 1.36 bits per heavy atom. The van der Waals surface area contributed by atoms with Crippen LogP contribution >= 0.6 is 0 Å². The normalized spacial score (nSPS) is 15.7. The number of nitrogens with one attached hydrogen (secondary N) is 1.